The lowest BCUT2D eigenvalue weighted by Gasteiger charge is -2.44. The van der Waals surface area contributed by atoms with Gasteiger partial charge in [-0.1, -0.05) is 6.92 Å². The highest BCUT2D eigenvalue weighted by molar-refractivity contribution is 5.77. The first-order chi connectivity index (χ1) is 11.4. The summed E-state index contributed by atoms with van der Waals surface area (Å²) in [5.74, 6) is 3.29. The minimum atomic E-state index is -0.419. The maximum Gasteiger partial charge on any atom is 0.312 e. The van der Waals surface area contributed by atoms with Crippen LogP contribution in [0, 0.1) is 46.8 Å². The number of ether oxygens (including phenoxy) is 2. The van der Waals surface area contributed by atoms with Crippen LogP contribution in [0.3, 0.4) is 0 Å². The van der Waals surface area contributed by atoms with E-state index in [4.69, 9.17) is 9.47 Å². The van der Waals surface area contributed by atoms with Crippen molar-refractivity contribution in [1.29, 1.82) is 0 Å². The lowest BCUT2D eigenvalue weighted by Crippen LogP contribution is -2.49. The molecule has 1 aliphatic heterocycles. The van der Waals surface area contributed by atoms with Crippen LogP contribution in [0.2, 0.25) is 0 Å². The fourth-order valence-corrected chi connectivity index (χ4v) is 7.16. The number of carbonyl (C=O) groups is 2. The quantitative estimate of drug-likeness (QED) is 0.588. The topological polar surface area (TPSA) is 52.6 Å². The summed E-state index contributed by atoms with van der Waals surface area (Å²) in [7, 11) is 0. The summed E-state index contributed by atoms with van der Waals surface area (Å²) in [6, 6.07) is 0. The molecule has 4 heteroatoms. The third kappa shape index (κ3) is 1.65. The van der Waals surface area contributed by atoms with Crippen LogP contribution in [0.15, 0.2) is 0 Å². The molecule has 1 saturated heterocycles. The minimum Gasteiger partial charge on any atom is -0.465 e. The molecule has 8 atom stereocenters. The SMILES string of the molecule is CCC(C)(C)C(=O)OC12CCC(C1)C1C3CC(C4C(=O)OCC34)C12. The molecule has 1 heterocycles. The molecule has 0 aromatic rings. The van der Waals surface area contributed by atoms with Crippen LogP contribution in [0.25, 0.3) is 0 Å². The highest BCUT2D eigenvalue weighted by atomic mass is 16.6. The molecule has 8 unspecified atom stereocenters. The summed E-state index contributed by atoms with van der Waals surface area (Å²) in [4.78, 5) is 25.0. The zero-order chi connectivity index (χ0) is 16.9. The second kappa shape index (κ2) is 4.56. The second-order valence-electron chi connectivity index (χ2n) is 9.68. The van der Waals surface area contributed by atoms with Crippen molar-refractivity contribution in [3.05, 3.63) is 0 Å². The van der Waals surface area contributed by atoms with E-state index in [-0.39, 0.29) is 23.5 Å². The molecule has 5 fully saturated rings. The van der Waals surface area contributed by atoms with Crippen molar-refractivity contribution in [3.63, 3.8) is 0 Å². The lowest BCUT2D eigenvalue weighted by molar-refractivity contribution is -0.180. The maximum absolute atomic E-state index is 12.8. The normalized spacial score (nSPS) is 50.8. The Kier molecular flexibility index (Phi) is 2.89. The Balaban J connectivity index is 1.47. The van der Waals surface area contributed by atoms with Gasteiger partial charge in [-0.15, -0.1) is 0 Å². The number of rotatable bonds is 3. The average molecular weight is 332 g/mol. The van der Waals surface area contributed by atoms with Gasteiger partial charge in [0.15, 0.2) is 0 Å². The van der Waals surface area contributed by atoms with Crippen LogP contribution < -0.4 is 0 Å². The summed E-state index contributed by atoms with van der Waals surface area (Å²) in [6.45, 7) is 6.65. The molecule has 0 N–H and O–H groups in total. The molecule has 4 bridgehead atoms. The van der Waals surface area contributed by atoms with Crippen molar-refractivity contribution in [2.24, 2.45) is 46.8 Å². The second-order valence-corrected chi connectivity index (χ2v) is 9.68. The molecule has 5 aliphatic rings. The summed E-state index contributed by atoms with van der Waals surface area (Å²) in [6.07, 6.45) is 5.18. The van der Waals surface area contributed by atoms with Gasteiger partial charge in [0, 0.05) is 11.8 Å². The molecule has 0 aromatic carbocycles. The Bertz CT molecular complexity index is 611. The van der Waals surface area contributed by atoms with E-state index in [1.54, 1.807) is 0 Å². The minimum absolute atomic E-state index is 0.0177. The summed E-state index contributed by atoms with van der Waals surface area (Å²) in [5.41, 5.74) is -0.705. The monoisotopic (exact) mass is 332 g/mol. The predicted octanol–water partition coefficient (Wildman–Crippen LogP) is 3.19. The van der Waals surface area contributed by atoms with Gasteiger partial charge < -0.3 is 9.47 Å². The lowest BCUT2D eigenvalue weighted by atomic mass is 9.63. The molecular weight excluding hydrogens is 304 g/mol. The summed E-state index contributed by atoms with van der Waals surface area (Å²) >= 11 is 0. The fourth-order valence-electron chi connectivity index (χ4n) is 7.16. The Hall–Kier alpha value is -1.06. The van der Waals surface area contributed by atoms with Crippen molar-refractivity contribution in [2.75, 3.05) is 6.61 Å². The number of esters is 2. The summed E-state index contributed by atoms with van der Waals surface area (Å²) < 4.78 is 11.7. The standard InChI is InChI=1S/C20H28O4/c1-4-19(2,3)18(22)24-20-6-5-10(8-20)14-11-7-12(16(14)20)15-13(11)9-23-17(15)21/h10-16H,4-9H2,1-3H3. The first-order valence-corrected chi connectivity index (χ1v) is 9.78. The molecule has 24 heavy (non-hydrogen) atoms. The first-order valence-electron chi connectivity index (χ1n) is 9.78. The molecule has 0 radical (unpaired) electrons. The molecule has 5 rings (SSSR count). The van der Waals surface area contributed by atoms with Crippen LogP contribution in [-0.2, 0) is 19.1 Å². The predicted molar refractivity (Wildman–Crippen MR) is 86.8 cm³/mol. The van der Waals surface area contributed by atoms with Crippen molar-refractivity contribution in [1.82, 2.24) is 0 Å². The van der Waals surface area contributed by atoms with Gasteiger partial charge in [0.05, 0.1) is 17.9 Å². The van der Waals surface area contributed by atoms with Gasteiger partial charge in [0.2, 0.25) is 0 Å². The Labute approximate surface area is 143 Å². The van der Waals surface area contributed by atoms with Crippen LogP contribution >= 0.6 is 0 Å². The van der Waals surface area contributed by atoms with E-state index < -0.39 is 5.41 Å². The molecular formula is C20H28O4. The Morgan fingerprint density at radius 2 is 2.12 bits per heavy atom. The number of carbonyl (C=O) groups excluding carboxylic acids is 2. The highest BCUT2D eigenvalue weighted by Gasteiger charge is 2.74. The Morgan fingerprint density at radius 1 is 1.33 bits per heavy atom. The van der Waals surface area contributed by atoms with E-state index in [1.165, 1.54) is 6.42 Å². The summed E-state index contributed by atoms with van der Waals surface area (Å²) in [5, 5.41) is 0. The van der Waals surface area contributed by atoms with E-state index in [1.807, 2.05) is 20.8 Å². The van der Waals surface area contributed by atoms with Gasteiger partial charge >= 0.3 is 11.9 Å². The third-order valence-corrected chi connectivity index (χ3v) is 8.51. The van der Waals surface area contributed by atoms with Crippen molar-refractivity contribution in [3.8, 4) is 0 Å². The van der Waals surface area contributed by atoms with Gasteiger partial charge in [0.1, 0.15) is 5.60 Å². The van der Waals surface area contributed by atoms with Gasteiger partial charge in [-0.25, -0.2) is 0 Å². The number of hydrogen-bond acceptors (Lipinski definition) is 4. The fraction of sp³-hybridized carbons (Fsp3) is 0.900. The van der Waals surface area contributed by atoms with Crippen LogP contribution in [0.4, 0.5) is 0 Å². The molecule has 0 spiro atoms. The zero-order valence-corrected chi connectivity index (χ0v) is 14.9. The van der Waals surface area contributed by atoms with Crippen LogP contribution in [0.1, 0.15) is 52.9 Å². The highest BCUT2D eigenvalue weighted by Crippen LogP contribution is 2.73. The molecule has 0 amide bonds. The molecule has 4 aliphatic carbocycles. The van der Waals surface area contributed by atoms with E-state index in [2.05, 4.69) is 0 Å². The van der Waals surface area contributed by atoms with E-state index in [0.717, 1.165) is 25.7 Å². The van der Waals surface area contributed by atoms with Gasteiger partial charge in [0.25, 0.3) is 0 Å². The van der Waals surface area contributed by atoms with Gasteiger partial charge in [-0.05, 0) is 69.6 Å². The van der Waals surface area contributed by atoms with Gasteiger partial charge in [-0.3, -0.25) is 9.59 Å². The zero-order valence-electron chi connectivity index (χ0n) is 14.9. The van der Waals surface area contributed by atoms with Crippen LogP contribution in [0.5, 0.6) is 0 Å². The largest absolute Gasteiger partial charge is 0.465 e. The number of fused-ring (bicyclic) bond motifs is 12. The molecule has 4 nitrogen and oxygen atoms in total. The van der Waals surface area contributed by atoms with E-state index in [9.17, 15) is 9.59 Å². The molecule has 4 saturated carbocycles. The molecule has 132 valence electrons. The number of cyclic esters (lactones) is 1. The smallest absolute Gasteiger partial charge is 0.312 e. The van der Waals surface area contributed by atoms with Crippen LogP contribution in [-0.4, -0.2) is 24.1 Å². The van der Waals surface area contributed by atoms with Crippen molar-refractivity contribution >= 4 is 11.9 Å². The van der Waals surface area contributed by atoms with Crippen molar-refractivity contribution in [2.45, 2.75) is 58.5 Å². The number of hydrogen-bond donors (Lipinski definition) is 0. The Morgan fingerprint density at radius 3 is 2.88 bits per heavy atom. The first kappa shape index (κ1) is 15.2. The van der Waals surface area contributed by atoms with Gasteiger partial charge in [-0.2, -0.15) is 0 Å². The van der Waals surface area contributed by atoms with Crippen molar-refractivity contribution < 1.29 is 19.1 Å². The van der Waals surface area contributed by atoms with E-state index in [0.29, 0.717) is 42.1 Å². The molecule has 0 aromatic heterocycles. The van der Waals surface area contributed by atoms with E-state index >= 15 is 0 Å². The average Bonchev–Trinajstić information content (AvgIpc) is 3.30. The third-order valence-electron chi connectivity index (χ3n) is 8.51. The maximum atomic E-state index is 12.8.